The van der Waals surface area contributed by atoms with Crippen molar-refractivity contribution in [1.82, 2.24) is 0 Å². The molecule has 7 heteroatoms. The van der Waals surface area contributed by atoms with Gasteiger partial charge in [0, 0.05) is 16.5 Å². The first-order valence-electron chi connectivity index (χ1n) is 8.38. The van der Waals surface area contributed by atoms with Crippen molar-refractivity contribution < 1.29 is 19.1 Å². The Morgan fingerprint density at radius 1 is 1.12 bits per heavy atom. The van der Waals surface area contributed by atoms with Crippen molar-refractivity contribution >= 4 is 39.8 Å². The van der Waals surface area contributed by atoms with Crippen LogP contribution in [0.2, 0.25) is 0 Å². The van der Waals surface area contributed by atoms with E-state index in [9.17, 15) is 14.4 Å². The predicted molar refractivity (Wildman–Crippen MR) is 101 cm³/mol. The zero-order valence-corrected chi connectivity index (χ0v) is 15.4. The number of carbonyl (C=O) groups excluding carboxylic acids is 3. The fourth-order valence-electron chi connectivity index (χ4n) is 2.44. The highest BCUT2D eigenvalue weighted by molar-refractivity contribution is 7.16. The lowest BCUT2D eigenvalue weighted by molar-refractivity contribution is -0.119. The molecular formula is C19H20N2O4S. The maximum atomic E-state index is 12.5. The zero-order valence-electron chi connectivity index (χ0n) is 14.6. The average Bonchev–Trinajstić information content (AvgIpc) is 3.42. The van der Waals surface area contributed by atoms with E-state index in [1.807, 2.05) is 13.0 Å². The number of rotatable bonds is 6. The molecule has 3 rings (SSSR count). The van der Waals surface area contributed by atoms with Gasteiger partial charge in [0.05, 0.1) is 5.56 Å². The molecule has 6 nitrogen and oxygen atoms in total. The fourth-order valence-corrected chi connectivity index (χ4v) is 3.49. The third-order valence-electron chi connectivity index (χ3n) is 4.17. The molecule has 26 heavy (non-hydrogen) atoms. The molecule has 1 aliphatic carbocycles. The zero-order chi connectivity index (χ0) is 18.7. The van der Waals surface area contributed by atoms with E-state index >= 15 is 0 Å². The standard InChI is InChI=1S/C19H20N2O4S/c1-11-12(2)26-18(21-17(23)13-8-9-13)16(11)19(24)25-10-15(22)20-14-6-4-3-5-7-14/h3-7,13H,8-10H2,1-2H3,(H,20,22)(H,21,23). The Labute approximate surface area is 155 Å². The van der Waals surface area contributed by atoms with Crippen LogP contribution in [-0.4, -0.2) is 24.4 Å². The molecule has 0 spiro atoms. The summed E-state index contributed by atoms with van der Waals surface area (Å²) in [4.78, 5) is 37.4. The number of thiophene rings is 1. The first-order chi connectivity index (χ1) is 12.5. The molecule has 1 fully saturated rings. The number of benzene rings is 1. The molecule has 1 aliphatic rings. The van der Waals surface area contributed by atoms with Gasteiger partial charge in [-0.1, -0.05) is 18.2 Å². The van der Waals surface area contributed by atoms with Crippen LogP contribution in [0.3, 0.4) is 0 Å². The molecule has 2 N–H and O–H groups in total. The smallest absolute Gasteiger partial charge is 0.341 e. The number of anilines is 2. The minimum Gasteiger partial charge on any atom is -0.452 e. The van der Waals surface area contributed by atoms with E-state index in [1.54, 1.807) is 31.2 Å². The summed E-state index contributed by atoms with van der Waals surface area (Å²) >= 11 is 1.35. The third kappa shape index (κ3) is 4.29. The summed E-state index contributed by atoms with van der Waals surface area (Å²) < 4.78 is 5.16. The van der Waals surface area contributed by atoms with Gasteiger partial charge in [-0.2, -0.15) is 0 Å². The molecule has 2 aromatic rings. The summed E-state index contributed by atoms with van der Waals surface area (Å²) in [5.74, 6) is -1.06. The van der Waals surface area contributed by atoms with Crippen molar-refractivity contribution in [2.24, 2.45) is 5.92 Å². The van der Waals surface area contributed by atoms with Gasteiger partial charge < -0.3 is 15.4 Å². The third-order valence-corrected chi connectivity index (χ3v) is 5.29. The summed E-state index contributed by atoms with van der Waals surface area (Å²) in [5, 5.41) is 5.97. The van der Waals surface area contributed by atoms with E-state index in [1.165, 1.54) is 11.3 Å². The van der Waals surface area contributed by atoms with Crippen LogP contribution in [0.4, 0.5) is 10.7 Å². The number of ether oxygens (including phenoxy) is 1. The van der Waals surface area contributed by atoms with Gasteiger partial charge in [0.15, 0.2) is 6.61 Å². The Hall–Kier alpha value is -2.67. The van der Waals surface area contributed by atoms with E-state index in [2.05, 4.69) is 10.6 Å². The van der Waals surface area contributed by atoms with Crippen molar-refractivity contribution in [2.75, 3.05) is 17.2 Å². The van der Waals surface area contributed by atoms with E-state index in [0.717, 1.165) is 23.3 Å². The van der Waals surface area contributed by atoms with Crippen LogP contribution in [0.25, 0.3) is 0 Å². The van der Waals surface area contributed by atoms with E-state index in [0.29, 0.717) is 16.3 Å². The average molecular weight is 372 g/mol. The number of para-hydroxylation sites is 1. The molecular weight excluding hydrogens is 352 g/mol. The summed E-state index contributed by atoms with van der Waals surface area (Å²) in [7, 11) is 0. The van der Waals surface area contributed by atoms with Crippen LogP contribution < -0.4 is 10.6 Å². The van der Waals surface area contributed by atoms with Crippen LogP contribution >= 0.6 is 11.3 Å². The normalized spacial score (nSPS) is 13.2. The maximum Gasteiger partial charge on any atom is 0.341 e. The second-order valence-corrected chi connectivity index (χ2v) is 7.47. The Bertz CT molecular complexity index is 841. The van der Waals surface area contributed by atoms with Gasteiger partial charge in [-0.15, -0.1) is 11.3 Å². The number of aryl methyl sites for hydroxylation is 1. The summed E-state index contributed by atoms with van der Waals surface area (Å²) in [6.45, 7) is 3.29. The molecule has 0 atom stereocenters. The lowest BCUT2D eigenvalue weighted by Crippen LogP contribution is -2.22. The van der Waals surface area contributed by atoms with Gasteiger partial charge >= 0.3 is 5.97 Å². The van der Waals surface area contributed by atoms with Crippen molar-refractivity contribution in [1.29, 1.82) is 0 Å². The van der Waals surface area contributed by atoms with E-state index < -0.39 is 18.5 Å². The number of nitrogens with one attached hydrogen (secondary N) is 2. The summed E-state index contributed by atoms with van der Waals surface area (Å²) in [5.41, 5.74) is 1.72. The van der Waals surface area contributed by atoms with Gasteiger partial charge in [0.1, 0.15) is 5.00 Å². The largest absolute Gasteiger partial charge is 0.452 e. The lowest BCUT2D eigenvalue weighted by Gasteiger charge is -2.09. The molecule has 0 aliphatic heterocycles. The van der Waals surface area contributed by atoms with Crippen LogP contribution in [-0.2, 0) is 14.3 Å². The SMILES string of the molecule is Cc1sc(NC(=O)C2CC2)c(C(=O)OCC(=O)Nc2ccccc2)c1C. The molecule has 0 unspecified atom stereocenters. The number of esters is 1. The van der Waals surface area contributed by atoms with Crippen LogP contribution in [0.15, 0.2) is 30.3 Å². The van der Waals surface area contributed by atoms with Crippen LogP contribution in [0.5, 0.6) is 0 Å². The predicted octanol–water partition coefficient (Wildman–Crippen LogP) is 3.51. The van der Waals surface area contributed by atoms with E-state index in [4.69, 9.17) is 4.74 Å². The monoisotopic (exact) mass is 372 g/mol. The van der Waals surface area contributed by atoms with Gasteiger partial charge in [-0.25, -0.2) is 4.79 Å². The molecule has 0 radical (unpaired) electrons. The quantitative estimate of drug-likeness (QED) is 0.760. The Morgan fingerprint density at radius 3 is 2.46 bits per heavy atom. The molecule has 2 amide bonds. The number of amides is 2. The molecule has 1 aromatic carbocycles. The van der Waals surface area contributed by atoms with Crippen LogP contribution in [0.1, 0.15) is 33.6 Å². The molecule has 0 saturated heterocycles. The first-order valence-corrected chi connectivity index (χ1v) is 9.20. The van der Waals surface area contributed by atoms with Gasteiger partial charge in [-0.3, -0.25) is 9.59 Å². The van der Waals surface area contributed by atoms with Crippen molar-refractivity contribution in [2.45, 2.75) is 26.7 Å². The summed E-state index contributed by atoms with van der Waals surface area (Å²) in [6.07, 6.45) is 1.77. The first kappa shape index (κ1) is 18.1. The van der Waals surface area contributed by atoms with Crippen LogP contribution in [0, 0.1) is 19.8 Å². The number of hydrogen-bond acceptors (Lipinski definition) is 5. The molecule has 0 bridgehead atoms. The van der Waals surface area contributed by atoms with Crippen molar-refractivity contribution in [3.05, 3.63) is 46.3 Å². The highest BCUT2D eigenvalue weighted by atomic mass is 32.1. The lowest BCUT2D eigenvalue weighted by atomic mass is 10.1. The van der Waals surface area contributed by atoms with Gasteiger partial charge in [-0.05, 0) is 44.4 Å². The van der Waals surface area contributed by atoms with E-state index in [-0.39, 0.29) is 11.8 Å². The minimum absolute atomic E-state index is 0.0400. The highest BCUT2D eigenvalue weighted by Crippen LogP contribution is 2.36. The topological polar surface area (TPSA) is 84.5 Å². The molecule has 1 saturated carbocycles. The summed E-state index contributed by atoms with van der Waals surface area (Å²) in [6, 6.07) is 8.94. The molecule has 1 heterocycles. The number of hydrogen-bond donors (Lipinski definition) is 2. The fraction of sp³-hybridized carbons (Fsp3) is 0.316. The maximum absolute atomic E-state index is 12.5. The molecule has 1 aromatic heterocycles. The van der Waals surface area contributed by atoms with Crippen molar-refractivity contribution in [3.63, 3.8) is 0 Å². The molecule has 136 valence electrons. The Kier molecular flexibility index (Phi) is 5.37. The number of carbonyl (C=O) groups is 3. The Morgan fingerprint density at radius 2 is 1.81 bits per heavy atom. The van der Waals surface area contributed by atoms with Crippen molar-refractivity contribution in [3.8, 4) is 0 Å². The minimum atomic E-state index is -0.610. The van der Waals surface area contributed by atoms with Gasteiger partial charge in [0.25, 0.3) is 5.91 Å². The second-order valence-electron chi connectivity index (χ2n) is 6.24. The second kappa shape index (κ2) is 7.70. The Balaban J connectivity index is 1.63. The highest BCUT2D eigenvalue weighted by Gasteiger charge is 2.31. The van der Waals surface area contributed by atoms with Gasteiger partial charge in [0.2, 0.25) is 5.91 Å².